The van der Waals surface area contributed by atoms with Gasteiger partial charge in [-0.25, -0.2) is 0 Å². The lowest BCUT2D eigenvalue weighted by molar-refractivity contribution is 0.0481. The van der Waals surface area contributed by atoms with E-state index >= 15 is 0 Å². The van der Waals surface area contributed by atoms with E-state index in [0.717, 1.165) is 27.3 Å². The van der Waals surface area contributed by atoms with E-state index < -0.39 is 12.2 Å². The number of aliphatic hydroxyl groups is 2. The Morgan fingerprint density at radius 1 is 0.667 bits per heavy atom. The van der Waals surface area contributed by atoms with Crippen molar-refractivity contribution in [3.8, 4) is 0 Å². The standard InChI is InChI=1S/C22H16O2/c23-19-12-11-18-20-14-6-2-1-5-13(14)9-10-17(20)15-7-3-4-8-16(15)21(18)22(19)24/h1-12,19,22-24H/t19-,22+/m0/s1. The Labute approximate surface area is 139 Å². The largest absolute Gasteiger partial charge is 0.386 e. The monoisotopic (exact) mass is 312 g/mol. The molecule has 2 atom stereocenters. The lowest BCUT2D eigenvalue weighted by Crippen LogP contribution is -2.20. The van der Waals surface area contributed by atoms with Gasteiger partial charge in [0.05, 0.1) is 0 Å². The SMILES string of the molecule is O[C@H]1C=Cc2c(c3ccccc3c3ccc4ccccc4c23)[C@@H]1O. The highest BCUT2D eigenvalue weighted by Crippen LogP contribution is 2.42. The molecule has 0 unspecified atom stereocenters. The number of aliphatic hydroxyl groups excluding tert-OH is 2. The topological polar surface area (TPSA) is 40.5 Å². The van der Waals surface area contributed by atoms with E-state index in [1.165, 1.54) is 16.2 Å². The van der Waals surface area contributed by atoms with Crippen LogP contribution in [-0.2, 0) is 0 Å². The first-order chi connectivity index (χ1) is 11.8. The van der Waals surface area contributed by atoms with Crippen LogP contribution < -0.4 is 0 Å². The molecule has 4 aromatic carbocycles. The summed E-state index contributed by atoms with van der Waals surface area (Å²) in [4.78, 5) is 0. The summed E-state index contributed by atoms with van der Waals surface area (Å²) in [6, 6.07) is 20.7. The second-order valence-corrected chi connectivity index (χ2v) is 6.38. The Bertz CT molecular complexity index is 1140. The minimum absolute atomic E-state index is 0.824. The Morgan fingerprint density at radius 2 is 1.38 bits per heavy atom. The van der Waals surface area contributed by atoms with Gasteiger partial charge in [-0.3, -0.25) is 0 Å². The first-order valence-electron chi connectivity index (χ1n) is 8.16. The molecule has 2 N–H and O–H groups in total. The molecule has 0 radical (unpaired) electrons. The van der Waals surface area contributed by atoms with Crippen LogP contribution in [0.1, 0.15) is 17.2 Å². The molecule has 0 spiro atoms. The van der Waals surface area contributed by atoms with Crippen molar-refractivity contribution in [3.05, 3.63) is 77.9 Å². The summed E-state index contributed by atoms with van der Waals surface area (Å²) >= 11 is 0. The first-order valence-corrected chi connectivity index (χ1v) is 8.16. The predicted octanol–water partition coefficient (Wildman–Crippen LogP) is 4.57. The maximum atomic E-state index is 10.7. The van der Waals surface area contributed by atoms with Crippen LogP contribution in [0.15, 0.2) is 66.7 Å². The number of benzene rings is 4. The summed E-state index contributed by atoms with van der Waals surface area (Å²) in [6.45, 7) is 0. The first kappa shape index (κ1) is 13.7. The Balaban J connectivity index is 2.12. The van der Waals surface area contributed by atoms with E-state index in [4.69, 9.17) is 0 Å². The second kappa shape index (κ2) is 4.91. The molecular formula is C22H16O2. The third-order valence-corrected chi connectivity index (χ3v) is 5.08. The molecule has 2 heteroatoms. The van der Waals surface area contributed by atoms with Crippen LogP contribution in [0.2, 0.25) is 0 Å². The molecule has 5 rings (SSSR count). The molecule has 1 aliphatic rings. The Morgan fingerprint density at radius 3 is 2.21 bits per heavy atom. The molecule has 0 aliphatic heterocycles. The molecule has 0 bridgehead atoms. The summed E-state index contributed by atoms with van der Waals surface area (Å²) in [5, 5.41) is 27.6. The molecule has 1 aliphatic carbocycles. The van der Waals surface area contributed by atoms with Gasteiger partial charge >= 0.3 is 0 Å². The molecule has 0 heterocycles. The van der Waals surface area contributed by atoms with Gasteiger partial charge in [-0.2, -0.15) is 0 Å². The van der Waals surface area contributed by atoms with E-state index in [2.05, 4.69) is 30.3 Å². The number of fused-ring (bicyclic) bond motifs is 8. The average molecular weight is 312 g/mol. The van der Waals surface area contributed by atoms with E-state index in [-0.39, 0.29) is 0 Å². The maximum absolute atomic E-state index is 10.7. The van der Waals surface area contributed by atoms with Crippen LogP contribution in [-0.4, -0.2) is 16.3 Å². The van der Waals surface area contributed by atoms with Gasteiger partial charge in [0.25, 0.3) is 0 Å². The highest BCUT2D eigenvalue weighted by molar-refractivity contribution is 6.21. The molecule has 116 valence electrons. The summed E-state index contributed by atoms with van der Waals surface area (Å²) < 4.78 is 0. The van der Waals surface area contributed by atoms with Crippen LogP contribution >= 0.6 is 0 Å². The fraction of sp³-hybridized carbons (Fsp3) is 0.0909. The van der Waals surface area contributed by atoms with Gasteiger partial charge in [-0.05, 0) is 43.4 Å². The van der Waals surface area contributed by atoms with Crippen molar-refractivity contribution in [2.45, 2.75) is 12.2 Å². The van der Waals surface area contributed by atoms with E-state index in [9.17, 15) is 10.2 Å². The molecule has 24 heavy (non-hydrogen) atoms. The summed E-state index contributed by atoms with van der Waals surface area (Å²) in [7, 11) is 0. The van der Waals surface area contributed by atoms with Crippen molar-refractivity contribution >= 4 is 38.4 Å². The lowest BCUT2D eigenvalue weighted by atomic mass is 9.83. The van der Waals surface area contributed by atoms with Crippen LogP contribution in [0.4, 0.5) is 0 Å². The average Bonchev–Trinajstić information content (AvgIpc) is 2.64. The van der Waals surface area contributed by atoms with E-state index in [0.29, 0.717) is 0 Å². The normalized spacial score (nSPS) is 19.9. The zero-order chi connectivity index (χ0) is 16.3. The highest BCUT2D eigenvalue weighted by Gasteiger charge is 2.27. The number of rotatable bonds is 0. The van der Waals surface area contributed by atoms with Gasteiger partial charge in [0, 0.05) is 0 Å². The molecular weight excluding hydrogens is 296 g/mol. The fourth-order valence-corrected chi connectivity index (χ4v) is 3.98. The van der Waals surface area contributed by atoms with Crippen molar-refractivity contribution in [2.24, 2.45) is 0 Å². The summed E-state index contributed by atoms with van der Waals surface area (Å²) in [6.07, 6.45) is 1.86. The molecule has 0 aromatic heterocycles. The van der Waals surface area contributed by atoms with Crippen LogP contribution in [0.5, 0.6) is 0 Å². The summed E-state index contributed by atoms with van der Waals surface area (Å²) in [5.74, 6) is 0. The molecule has 2 nitrogen and oxygen atoms in total. The Kier molecular flexibility index (Phi) is 2.81. The summed E-state index contributed by atoms with van der Waals surface area (Å²) in [5.41, 5.74) is 1.84. The van der Waals surface area contributed by atoms with Crippen molar-refractivity contribution < 1.29 is 10.2 Å². The minimum atomic E-state index is -0.904. The van der Waals surface area contributed by atoms with Crippen LogP contribution in [0.3, 0.4) is 0 Å². The molecule has 0 amide bonds. The maximum Gasteiger partial charge on any atom is 0.110 e. The molecule has 0 saturated carbocycles. The minimum Gasteiger partial charge on any atom is -0.386 e. The van der Waals surface area contributed by atoms with Crippen molar-refractivity contribution in [3.63, 3.8) is 0 Å². The smallest absolute Gasteiger partial charge is 0.110 e. The third kappa shape index (κ3) is 1.72. The number of hydrogen-bond acceptors (Lipinski definition) is 2. The van der Waals surface area contributed by atoms with Gasteiger partial charge < -0.3 is 10.2 Å². The van der Waals surface area contributed by atoms with Crippen LogP contribution in [0, 0.1) is 0 Å². The van der Waals surface area contributed by atoms with Gasteiger partial charge in [-0.1, -0.05) is 72.8 Å². The fourth-order valence-electron chi connectivity index (χ4n) is 3.98. The van der Waals surface area contributed by atoms with Crippen molar-refractivity contribution in [1.82, 2.24) is 0 Å². The molecule has 0 saturated heterocycles. The van der Waals surface area contributed by atoms with E-state index in [1.807, 2.05) is 36.4 Å². The lowest BCUT2D eigenvalue weighted by Gasteiger charge is -2.26. The quantitative estimate of drug-likeness (QED) is 0.467. The van der Waals surface area contributed by atoms with Crippen molar-refractivity contribution in [1.29, 1.82) is 0 Å². The predicted molar refractivity (Wildman–Crippen MR) is 99.0 cm³/mol. The second-order valence-electron chi connectivity index (χ2n) is 6.38. The zero-order valence-corrected chi connectivity index (χ0v) is 13.0. The molecule has 4 aromatic rings. The Hall–Kier alpha value is -2.68. The van der Waals surface area contributed by atoms with Gasteiger partial charge in [0.1, 0.15) is 12.2 Å². The third-order valence-electron chi connectivity index (χ3n) is 5.08. The van der Waals surface area contributed by atoms with Gasteiger partial charge in [0.15, 0.2) is 0 Å². The number of hydrogen-bond donors (Lipinski definition) is 2. The highest BCUT2D eigenvalue weighted by atomic mass is 16.3. The zero-order valence-electron chi connectivity index (χ0n) is 13.0. The van der Waals surface area contributed by atoms with Gasteiger partial charge in [-0.15, -0.1) is 0 Å². The van der Waals surface area contributed by atoms with Crippen molar-refractivity contribution in [2.75, 3.05) is 0 Å². The van der Waals surface area contributed by atoms with Crippen LogP contribution in [0.25, 0.3) is 38.4 Å². The van der Waals surface area contributed by atoms with Gasteiger partial charge in [0.2, 0.25) is 0 Å². The molecule has 0 fully saturated rings. The van der Waals surface area contributed by atoms with E-state index in [1.54, 1.807) is 6.08 Å².